The lowest BCUT2D eigenvalue weighted by Crippen LogP contribution is -2.34. The summed E-state index contributed by atoms with van der Waals surface area (Å²) >= 11 is 7.82. The standard InChI is InChI=1S/C16H16ClNS/c17-13-7-5-11(6-8-13)9-14(18)16-10-12-3-1-2-4-15(12)19-16/h1-8,14,16H,9-10,18H2. The third kappa shape index (κ3) is 2.97. The molecule has 1 nitrogen and oxygen atoms in total. The minimum Gasteiger partial charge on any atom is -0.326 e. The zero-order chi connectivity index (χ0) is 13.2. The van der Waals surface area contributed by atoms with Gasteiger partial charge in [0.05, 0.1) is 0 Å². The van der Waals surface area contributed by atoms with Gasteiger partial charge in [-0.15, -0.1) is 11.8 Å². The molecule has 2 unspecified atom stereocenters. The van der Waals surface area contributed by atoms with E-state index in [1.165, 1.54) is 16.0 Å². The molecule has 0 amide bonds. The number of nitrogens with two attached hydrogens (primary N) is 1. The van der Waals surface area contributed by atoms with Gasteiger partial charge in [0.25, 0.3) is 0 Å². The molecule has 3 rings (SSSR count). The van der Waals surface area contributed by atoms with Crippen LogP contribution >= 0.6 is 23.4 Å². The van der Waals surface area contributed by atoms with Crippen molar-refractivity contribution in [1.29, 1.82) is 0 Å². The molecule has 0 aliphatic carbocycles. The normalized spacial score (nSPS) is 19.2. The molecule has 0 fully saturated rings. The van der Waals surface area contributed by atoms with Gasteiger partial charge < -0.3 is 5.73 Å². The molecule has 0 aromatic heterocycles. The first-order valence-corrected chi connectivity index (χ1v) is 7.73. The van der Waals surface area contributed by atoms with Crippen molar-refractivity contribution in [2.75, 3.05) is 0 Å². The van der Waals surface area contributed by atoms with E-state index >= 15 is 0 Å². The topological polar surface area (TPSA) is 26.0 Å². The van der Waals surface area contributed by atoms with E-state index in [1.807, 2.05) is 23.9 Å². The van der Waals surface area contributed by atoms with E-state index in [1.54, 1.807) is 0 Å². The summed E-state index contributed by atoms with van der Waals surface area (Å²) in [5.74, 6) is 0. The van der Waals surface area contributed by atoms with Crippen LogP contribution in [0.1, 0.15) is 11.1 Å². The van der Waals surface area contributed by atoms with Gasteiger partial charge in [-0.25, -0.2) is 0 Å². The summed E-state index contributed by atoms with van der Waals surface area (Å²) in [5.41, 5.74) is 9.07. The first kappa shape index (κ1) is 13.0. The van der Waals surface area contributed by atoms with E-state index in [9.17, 15) is 0 Å². The highest BCUT2D eigenvalue weighted by Crippen LogP contribution is 2.38. The minimum absolute atomic E-state index is 0.179. The number of hydrogen-bond donors (Lipinski definition) is 1. The summed E-state index contributed by atoms with van der Waals surface area (Å²) in [4.78, 5) is 1.39. The van der Waals surface area contributed by atoms with Gasteiger partial charge in [-0.2, -0.15) is 0 Å². The number of thioether (sulfide) groups is 1. The van der Waals surface area contributed by atoms with E-state index < -0.39 is 0 Å². The van der Waals surface area contributed by atoms with Gasteiger partial charge in [0.15, 0.2) is 0 Å². The summed E-state index contributed by atoms with van der Waals surface area (Å²) in [5, 5.41) is 1.26. The van der Waals surface area contributed by atoms with Crippen molar-refractivity contribution in [1.82, 2.24) is 0 Å². The smallest absolute Gasteiger partial charge is 0.0406 e. The molecule has 0 saturated heterocycles. The predicted molar refractivity (Wildman–Crippen MR) is 82.9 cm³/mol. The molecule has 98 valence electrons. The maximum absolute atomic E-state index is 6.37. The van der Waals surface area contributed by atoms with E-state index in [2.05, 4.69) is 36.4 Å². The molecule has 2 atom stereocenters. The predicted octanol–water partition coefficient (Wildman–Crippen LogP) is 3.93. The van der Waals surface area contributed by atoms with Crippen LogP contribution in [0.15, 0.2) is 53.4 Å². The molecule has 0 radical (unpaired) electrons. The molecule has 1 aliphatic heterocycles. The molecule has 2 aromatic carbocycles. The van der Waals surface area contributed by atoms with Gasteiger partial charge in [0.2, 0.25) is 0 Å². The maximum Gasteiger partial charge on any atom is 0.0406 e. The van der Waals surface area contributed by atoms with Crippen LogP contribution in [-0.2, 0) is 12.8 Å². The Hall–Kier alpha value is -0.960. The lowest BCUT2D eigenvalue weighted by molar-refractivity contribution is 0.632. The highest BCUT2D eigenvalue weighted by Gasteiger charge is 2.26. The Morgan fingerprint density at radius 2 is 1.89 bits per heavy atom. The van der Waals surface area contributed by atoms with Crippen LogP contribution in [0, 0.1) is 0 Å². The van der Waals surface area contributed by atoms with E-state index in [0.29, 0.717) is 5.25 Å². The van der Waals surface area contributed by atoms with Crippen molar-refractivity contribution in [2.24, 2.45) is 5.73 Å². The number of hydrogen-bond acceptors (Lipinski definition) is 2. The van der Waals surface area contributed by atoms with Gasteiger partial charge in [-0.05, 0) is 42.2 Å². The zero-order valence-electron chi connectivity index (χ0n) is 10.6. The first-order valence-electron chi connectivity index (χ1n) is 6.47. The van der Waals surface area contributed by atoms with E-state index in [4.69, 9.17) is 17.3 Å². The Morgan fingerprint density at radius 3 is 2.63 bits per heavy atom. The maximum atomic E-state index is 6.37. The van der Waals surface area contributed by atoms with E-state index in [0.717, 1.165) is 17.9 Å². The molecular formula is C16H16ClNS. The second kappa shape index (κ2) is 5.58. The van der Waals surface area contributed by atoms with Crippen molar-refractivity contribution in [3.05, 3.63) is 64.7 Å². The van der Waals surface area contributed by atoms with Crippen molar-refractivity contribution in [2.45, 2.75) is 29.0 Å². The quantitative estimate of drug-likeness (QED) is 0.926. The van der Waals surface area contributed by atoms with E-state index in [-0.39, 0.29) is 6.04 Å². The summed E-state index contributed by atoms with van der Waals surface area (Å²) in [6, 6.07) is 16.8. The monoisotopic (exact) mass is 289 g/mol. The van der Waals surface area contributed by atoms with Gasteiger partial charge in [0, 0.05) is 21.2 Å². The average Bonchev–Trinajstić information content (AvgIpc) is 2.85. The third-order valence-electron chi connectivity index (χ3n) is 3.53. The third-order valence-corrected chi connectivity index (χ3v) is 5.26. The van der Waals surface area contributed by atoms with Gasteiger partial charge in [-0.1, -0.05) is 41.9 Å². The van der Waals surface area contributed by atoms with Gasteiger partial charge in [0.1, 0.15) is 0 Å². The highest BCUT2D eigenvalue weighted by atomic mass is 35.5. The molecule has 1 heterocycles. The van der Waals surface area contributed by atoms with Crippen LogP contribution in [0.3, 0.4) is 0 Å². The Bertz CT molecular complexity index is 542. The molecule has 19 heavy (non-hydrogen) atoms. The minimum atomic E-state index is 0.179. The van der Waals surface area contributed by atoms with Crippen LogP contribution in [0.25, 0.3) is 0 Å². The summed E-state index contributed by atoms with van der Waals surface area (Å²) in [6.45, 7) is 0. The fraction of sp³-hybridized carbons (Fsp3) is 0.250. The molecule has 1 aliphatic rings. The molecule has 2 N–H and O–H groups in total. The van der Waals surface area contributed by atoms with Crippen molar-refractivity contribution in [3.8, 4) is 0 Å². The van der Waals surface area contributed by atoms with Crippen LogP contribution in [-0.4, -0.2) is 11.3 Å². The number of benzene rings is 2. The lowest BCUT2D eigenvalue weighted by atomic mass is 10.00. The van der Waals surface area contributed by atoms with Crippen molar-refractivity contribution < 1.29 is 0 Å². The Labute approximate surface area is 123 Å². The lowest BCUT2D eigenvalue weighted by Gasteiger charge is -2.18. The zero-order valence-corrected chi connectivity index (χ0v) is 12.1. The highest BCUT2D eigenvalue weighted by molar-refractivity contribution is 8.00. The molecule has 0 spiro atoms. The number of fused-ring (bicyclic) bond motifs is 1. The number of halogens is 1. The fourth-order valence-corrected chi connectivity index (χ4v) is 3.92. The molecule has 0 bridgehead atoms. The second-order valence-corrected chi connectivity index (χ2v) is 6.68. The van der Waals surface area contributed by atoms with Crippen molar-refractivity contribution >= 4 is 23.4 Å². The van der Waals surface area contributed by atoms with Gasteiger partial charge >= 0.3 is 0 Å². The van der Waals surface area contributed by atoms with Crippen LogP contribution < -0.4 is 5.73 Å². The fourth-order valence-electron chi connectivity index (χ4n) is 2.47. The van der Waals surface area contributed by atoms with Gasteiger partial charge in [-0.3, -0.25) is 0 Å². The molecular weight excluding hydrogens is 274 g/mol. The first-order chi connectivity index (χ1) is 9.22. The van der Waals surface area contributed by atoms with Crippen molar-refractivity contribution in [3.63, 3.8) is 0 Å². The Kier molecular flexibility index (Phi) is 3.83. The Balaban J connectivity index is 1.66. The largest absolute Gasteiger partial charge is 0.326 e. The summed E-state index contributed by atoms with van der Waals surface area (Å²) in [6.07, 6.45) is 1.98. The molecule has 3 heteroatoms. The molecule has 2 aromatic rings. The van der Waals surface area contributed by atoms with Crippen LogP contribution in [0.5, 0.6) is 0 Å². The second-order valence-electron chi connectivity index (χ2n) is 4.96. The molecule has 0 saturated carbocycles. The summed E-state index contributed by atoms with van der Waals surface area (Å²) < 4.78 is 0. The average molecular weight is 290 g/mol. The SMILES string of the molecule is NC(Cc1ccc(Cl)cc1)C1Cc2ccccc2S1. The van der Waals surface area contributed by atoms with Crippen LogP contribution in [0.2, 0.25) is 5.02 Å². The Morgan fingerprint density at radius 1 is 1.16 bits per heavy atom. The number of rotatable bonds is 3. The van der Waals surface area contributed by atoms with Crippen LogP contribution in [0.4, 0.5) is 0 Å². The summed E-state index contributed by atoms with van der Waals surface area (Å²) in [7, 11) is 0.